The first-order valence-electron chi connectivity index (χ1n) is 7.14. The van der Waals surface area contributed by atoms with Gasteiger partial charge in [0.2, 0.25) is 5.88 Å². The van der Waals surface area contributed by atoms with Crippen LogP contribution in [0.4, 0.5) is 5.69 Å². The Morgan fingerprint density at radius 3 is 2.58 bits per heavy atom. The molecule has 1 aromatic carbocycles. The standard InChI is InChI=1S/C16H18N2O5S/c1-10(2)12-8-14(15(23-3)17-9-12)18-24(21,22)13-6-4-5-11(7-13)16(19)20/h4-10,18H,1-3H3,(H,19,20). The smallest absolute Gasteiger partial charge is 0.335 e. The van der Waals surface area contributed by atoms with Crippen molar-refractivity contribution in [3.63, 3.8) is 0 Å². The van der Waals surface area contributed by atoms with Crippen LogP contribution < -0.4 is 9.46 Å². The van der Waals surface area contributed by atoms with Crippen LogP contribution in [0.25, 0.3) is 0 Å². The Bertz CT molecular complexity index is 863. The van der Waals surface area contributed by atoms with Crippen LogP contribution in [0.3, 0.4) is 0 Å². The number of carbonyl (C=O) groups is 1. The summed E-state index contributed by atoms with van der Waals surface area (Å²) in [6, 6.07) is 6.76. The number of benzene rings is 1. The number of ether oxygens (including phenoxy) is 1. The Morgan fingerprint density at radius 2 is 2.00 bits per heavy atom. The first kappa shape index (κ1) is 17.7. The molecule has 1 heterocycles. The largest absolute Gasteiger partial charge is 0.480 e. The normalized spacial score (nSPS) is 11.3. The molecule has 0 aliphatic carbocycles. The third-order valence-electron chi connectivity index (χ3n) is 3.37. The second kappa shape index (κ2) is 6.88. The summed E-state index contributed by atoms with van der Waals surface area (Å²) in [5.41, 5.74) is 0.927. The van der Waals surface area contributed by atoms with Gasteiger partial charge in [0.1, 0.15) is 5.69 Å². The molecule has 0 spiro atoms. The van der Waals surface area contributed by atoms with E-state index in [-0.39, 0.29) is 27.9 Å². The summed E-state index contributed by atoms with van der Waals surface area (Å²) in [5.74, 6) is -0.910. The first-order chi connectivity index (χ1) is 11.2. The number of methoxy groups -OCH3 is 1. The predicted molar refractivity (Wildman–Crippen MR) is 89.1 cm³/mol. The molecule has 2 rings (SSSR count). The van der Waals surface area contributed by atoms with Crippen molar-refractivity contribution in [2.75, 3.05) is 11.8 Å². The molecular weight excluding hydrogens is 332 g/mol. The van der Waals surface area contributed by atoms with Gasteiger partial charge < -0.3 is 9.84 Å². The Balaban J connectivity index is 2.44. The Morgan fingerprint density at radius 1 is 1.29 bits per heavy atom. The number of rotatable bonds is 6. The third kappa shape index (κ3) is 3.83. The van der Waals surface area contributed by atoms with Gasteiger partial charge in [0.05, 0.1) is 17.6 Å². The molecule has 24 heavy (non-hydrogen) atoms. The predicted octanol–water partition coefficient (Wildman–Crippen LogP) is 2.71. The van der Waals surface area contributed by atoms with Crippen LogP contribution in [0, 0.1) is 0 Å². The molecule has 0 fully saturated rings. The Labute approximate surface area is 140 Å². The van der Waals surface area contributed by atoms with Crippen LogP contribution in [-0.2, 0) is 10.0 Å². The molecule has 0 aliphatic heterocycles. The summed E-state index contributed by atoms with van der Waals surface area (Å²) in [7, 11) is -2.59. The van der Waals surface area contributed by atoms with Crippen molar-refractivity contribution in [1.29, 1.82) is 0 Å². The van der Waals surface area contributed by atoms with Crippen LogP contribution >= 0.6 is 0 Å². The van der Waals surface area contributed by atoms with Gasteiger partial charge >= 0.3 is 5.97 Å². The average Bonchev–Trinajstić information content (AvgIpc) is 2.54. The summed E-state index contributed by atoms with van der Waals surface area (Å²) in [4.78, 5) is 15.0. The molecular formula is C16H18N2O5S. The van der Waals surface area contributed by atoms with Crippen LogP contribution in [0.15, 0.2) is 41.4 Å². The summed E-state index contributed by atoms with van der Waals surface area (Å²) < 4.78 is 32.6. The highest BCUT2D eigenvalue weighted by atomic mass is 32.2. The third-order valence-corrected chi connectivity index (χ3v) is 4.73. The van der Waals surface area contributed by atoms with Crippen molar-refractivity contribution in [1.82, 2.24) is 4.98 Å². The van der Waals surface area contributed by atoms with Gasteiger partial charge in [-0.3, -0.25) is 4.72 Å². The van der Waals surface area contributed by atoms with E-state index in [0.29, 0.717) is 0 Å². The fourth-order valence-corrected chi connectivity index (χ4v) is 3.11. The number of hydrogen-bond acceptors (Lipinski definition) is 5. The molecule has 0 bridgehead atoms. The monoisotopic (exact) mass is 350 g/mol. The number of carboxylic acid groups (broad SMARTS) is 1. The van der Waals surface area contributed by atoms with Gasteiger partial charge in [0.25, 0.3) is 10.0 Å². The lowest BCUT2D eigenvalue weighted by atomic mass is 10.1. The van der Waals surface area contributed by atoms with Gasteiger partial charge in [-0.1, -0.05) is 19.9 Å². The van der Waals surface area contributed by atoms with Gasteiger partial charge in [-0.2, -0.15) is 0 Å². The van der Waals surface area contributed by atoms with E-state index in [1.54, 1.807) is 12.3 Å². The number of nitrogens with one attached hydrogen (secondary N) is 1. The molecule has 0 amide bonds. The van der Waals surface area contributed by atoms with E-state index in [0.717, 1.165) is 11.6 Å². The van der Waals surface area contributed by atoms with Crippen LogP contribution in [0.1, 0.15) is 35.7 Å². The van der Waals surface area contributed by atoms with Gasteiger partial charge in [-0.25, -0.2) is 18.2 Å². The molecule has 0 saturated heterocycles. The van der Waals surface area contributed by atoms with E-state index in [1.165, 1.54) is 25.3 Å². The molecule has 128 valence electrons. The number of aromatic nitrogens is 1. The number of anilines is 1. The topological polar surface area (TPSA) is 106 Å². The molecule has 0 saturated carbocycles. The number of pyridine rings is 1. The van der Waals surface area contributed by atoms with Crippen molar-refractivity contribution < 1.29 is 23.1 Å². The molecule has 0 radical (unpaired) electrons. The number of sulfonamides is 1. The minimum absolute atomic E-state index is 0.112. The highest BCUT2D eigenvalue weighted by Crippen LogP contribution is 2.28. The SMILES string of the molecule is COc1ncc(C(C)C)cc1NS(=O)(=O)c1cccc(C(=O)O)c1. The van der Waals surface area contributed by atoms with Gasteiger partial charge in [0.15, 0.2) is 0 Å². The fraction of sp³-hybridized carbons (Fsp3) is 0.250. The molecule has 0 atom stereocenters. The summed E-state index contributed by atoms with van der Waals surface area (Å²) in [6.45, 7) is 3.91. The first-order valence-corrected chi connectivity index (χ1v) is 8.63. The highest BCUT2D eigenvalue weighted by molar-refractivity contribution is 7.92. The zero-order valence-electron chi connectivity index (χ0n) is 13.5. The highest BCUT2D eigenvalue weighted by Gasteiger charge is 2.19. The van der Waals surface area contributed by atoms with Crippen molar-refractivity contribution in [2.24, 2.45) is 0 Å². The van der Waals surface area contributed by atoms with Crippen molar-refractivity contribution in [3.8, 4) is 5.88 Å². The van der Waals surface area contributed by atoms with Crippen molar-refractivity contribution in [3.05, 3.63) is 47.7 Å². The summed E-state index contributed by atoms with van der Waals surface area (Å²) >= 11 is 0. The molecule has 7 nitrogen and oxygen atoms in total. The summed E-state index contributed by atoms with van der Waals surface area (Å²) in [6.07, 6.45) is 1.62. The molecule has 8 heteroatoms. The van der Waals surface area contributed by atoms with Crippen molar-refractivity contribution >= 4 is 21.7 Å². The average molecular weight is 350 g/mol. The lowest BCUT2D eigenvalue weighted by molar-refractivity contribution is 0.0696. The zero-order chi connectivity index (χ0) is 17.9. The summed E-state index contributed by atoms with van der Waals surface area (Å²) in [5, 5.41) is 9.00. The zero-order valence-corrected chi connectivity index (χ0v) is 14.3. The molecule has 2 N–H and O–H groups in total. The van der Waals surface area contributed by atoms with E-state index in [4.69, 9.17) is 9.84 Å². The van der Waals surface area contributed by atoms with E-state index in [9.17, 15) is 13.2 Å². The van der Waals surface area contributed by atoms with E-state index < -0.39 is 16.0 Å². The van der Waals surface area contributed by atoms with E-state index >= 15 is 0 Å². The van der Waals surface area contributed by atoms with E-state index in [1.807, 2.05) is 13.8 Å². The van der Waals surface area contributed by atoms with Crippen LogP contribution in [-0.4, -0.2) is 31.6 Å². The second-order valence-corrected chi connectivity index (χ2v) is 7.10. The van der Waals surface area contributed by atoms with Gasteiger partial charge in [0, 0.05) is 6.20 Å². The van der Waals surface area contributed by atoms with Crippen molar-refractivity contribution in [2.45, 2.75) is 24.7 Å². The molecule has 0 unspecified atom stereocenters. The lowest BCUT2D eigenvalue weighted by Crippen LogP contribution is -2.15. The Kier molecular flexibility index (Phi) is 5.08. The number of hydrogen-bond donors (Lipinski definition) is 2. The molecule has 1 aromatic heterocycles. The molecule has 2 aromatic rings. The van der Waals surface area contributed by atoms with Crippen LogP contribution in [0.5, 0.6) is 5.88 Å². The van der Waals surface area contributed by atoms with E-state index in [2.05, 4.69) is 9.71 Å². The second-order valence-electron chi connectivity index (χ2n) is 5.42. The minimum atomic E-state index is -3.98. The minimum Gasteiger partial charge on any atom is -0.480 e. The maximum atomic E-state index is 12.5. The van der Waals surface area contributed by atoms with Gasteiger partial charge in [-0.05, 0) is 35.7 Å². The Hall–Kier alpha value is -2.61. The maximum absolute atomic E-state index is 12.5. The fourth-order valence-electron chi connectivity index (χ4n) is 2.02. The molecule has 0 aliphatic rings. The van der Waals surface area contributed by atoms with Gasteiger partial charge in [-0.15, -0.1) is 0 Å². The van der Waals surface area contributed by atoms with Crippen LogP contribution in [0.2, 0.25) is 0 Å². The maximum Gasteiger partial charge on any atom is 0.335 e. The quantitative estimate of drug-likeness (QED) is 0.830. The lowest BCUT2D eigenvalue weighted by Gasteiger charge is -2.14. The number of aromatic carboxylic acids is 1. The number of nitrogens with zero attached hydrogens (tertiary/aromatic N) is 1. The number of carboxylic acids is 1.